The van der Waals surface area contributed by atoms with E-state index in [2.05, 4.69) is 20.0 Å². The van der Waals surface area contributed by atoms with E-state index in [1.165, 1.54) is 12.3 Å². The smallest absolute Gasteiger partial charge is 0.416 e. The summed E-state index contributed by atoms with van der Waals surface area (Å²) in [6.07, 6.45) is 6.03. The van der Waals surface area contributed by atoms with Crippen molar-refractivity contribution in [2.24, 2.45) is 5.92 Å². The number of pyridine rings is 2. The van der Waals surface area contributed by atoms with Crippen LogP contribution < -0.4 is 15.0 Å². The van der Waals surface area contributed by atoms with Crippen molar-refractivity contribution in [1.82, 2.24) is 9.97 Å². The SMILES string of the molecule is Cl.Cl.O=C1OC2(CCC(CNc3ccc(OC(F)F)cn3)CC2)CN1c1ccccn1. The molecule has 2 aromatic heterocycles. The standard InChI is InChI=1S/C20H22F2N4O3.2ClH/c21-18(22)28-15-4-5-16(25-12-15)24-11-14-6-8-20(9-7-14)13-26(19(27)29-20)17-3-1-2-10-23-17;;/h1-5,10,12,14,18H,6-9,11,13H2,(H,24,25);2*1H. The minimum absolute atomic E-state index is 0. The average Bonchev–Trinajstić information content (AvgIpc) is 3.05. The Kier molecular flexibility index (Phi) is 8.64. The molecule has 1 saturated carbocycles. The molecule has 1 saturated heterocycles. The fourth-order valence-electron chi connectivity index (χ4n) is 3.89. The summed E-state index contributed by atoms with van der Waals surface area (Å²) in [6.45, 7) is -1.62. The van der Waals surface area contributed by atoms with Crippen LogP contribution in [0.3, 0.4) is 0 Å². The summed E-state index contributed by atoms with van der Waals surface area (Å²) in [5.41, 5.74) is -0.447. The maximum atomic E-state index is 12.3. The third-order valence-electron chi connectivity index (χ3n) is 5.45. The average molecular weight is 477 g/mol. The number of rotatable bonds is 6. The van der Waals surface area contributed by atoms with E-state index in [9.17, 15) is 13.6 Å². The lowest BCUT2D eigenvalue weighted by molar-refractivity contribution is -0.0500. The number of hydrogen-bond acceptors (Lipinski definition) is 6. The van der Waals surface area contributed by atoms with Crippen LogP contribution in [-0.4, -0.2) is 41.4 Å². The number of nitrogens with one attached hydrogen (secondary N) is 1. The molecule has 3 heterocycles. The lowest BCUT2D eigenvalue weighted by Crippen LogP contribution is -2.39. The normalized spacial score (nSPS) is 22.5. The molecule has 1 N–H and O–H groups in total. The van der Waals surface area contributed by atoms with E-state index in [0.29, 0.717) is 24.1 Å². The van der Waals surface area contributed by atoms with Gasteiger partial charge in [0.05, 0.1) is 12.7 Å². The van der Waals surface area contributed by atoms with Gasteiger partial charge in [0, 0.05) is 12.7 Å². The van der Waals surface area contributed by atoms with Crippen molar-refractivity contribution in [3.8, 4) is 5.75 Å². The maximum Gasteiger partial charge on any atom is 0.416 e. The predicted octanol–water partition coefficient (Wildman–Crippen LogP) is 4.92. The molecule has 0 bridgehead atoms. The van der Waals surface area contributed by atoms with Crippen LogP contribution in [0.2, 0.25) is 0 Å². The van der Waals surface area contributed by atoms with Crippen LogP contribution in [0, 0.1) is 5.92 Å². The highest BCUT2D eigenvalue weighted by Crippen LogP contribution is 2.40. The van der Waals surface area contributed by atoms with E-state index in [4.69, 9.17) is 4.74 Å². The molecular weight excluding hydrogens is 453 g/mol. The summed E-state index contributed by atoms with van der Waals surface area (Å²) in [7, 11) is 0. The second-order valence-corrected chi connectivity index (χ2v) is 7.41. The van der Waals surface area contributed by atoms with Gasteiger partial charge in [-0.3, -0.25) is 4.90 Å². The van der Waals surface area contributed by atoms with Gasteiger partial charge in [-0.15, -0.1) is 24.8 Å². The second kappa shape index (κ2) is 10.8. The van der Waals surface area contributed by atoms with Crippen LogP contribution >= 0.6 is 24.8 Å². The Bertz CT molecular complexity index is 838. The number of hydrogen-bond donors (Lipinski definition) is 1. The Morgan fingerprint density at radius 2 is 1.97 bits per heavy atom. The zero-order valence-corrected chi connectivity index (χ0v) is 18.2. The first-order chi connectivity index (χ1) is 14.0. The van der Waals surface area contributed by atoms with Crippen LogP contribution in [0.25, 0.3) is 0 Å². The summed E-state index contributed by atoms with van der Waals surface area (Å²) in [6, 6.07) is 8.55. The zero-order valence-electron chi connectivity index (χ0n) is 16.6. The summed E-state index contributed by atoms with van der Waals surface area (Å²) in [5, 5.41) is 3.23. The molecule has 2 fully saturated rings. The first kappa shape index (κ1) is 24.9. The van der Waals surface area contributed by atoms with Crippen molar-refractivity contribution in [2.45, 2.75) is 37.9 Å². The van der Waals surface area contributed by atoms with Crippen molar-refractivity contribution in [1.29, 1.82) is 0 Å². The van der Waals surface area contributed by atoms with E-state index >= 15 is 0 Å². The highest BCUT2D eigenvalue weighted by atomic mass is 35.5. The van der Waals surface area contributed by atoms with Gasteiger partial charge < -0.3 is 14.8 Å². The van der Waals surface area contributed by atoms with E-state index < -0.39 is 12.2 Å². The lowest BCUT2D eigenvalue weighted by atomic mass is 9.78. The molecule has 1 aliphatic carbocycles. The molecule has 0 unspecified atom stereocenters. The second-order valence-electron chi connectivity index (χ2n) is 7.41. The van der Waals surface area contributed by atoms with E-state index in [1.807, 2.05) is 12.1 Å². The number of carbonyl (C=O) groups excluding carboxylic acids is 1. The van der Waals surface area contributed by atoms with Gasteiger partial charge in [0.25, 0.3) is 0 Å². The van der Waals surface area contributed by atoms with E-state index in [1.54, 1.807) is 23.2 Å². The Labute approximate surface area is 191 Å². The number of alkyl halides is 2. The number of aromatic nitrogens is 2. The predicted molar refractivity (Wildman–Crippen MR) is 117 cm³/mol. The summed E-state index contributed by atoms with van der Waals surface area (Å²) in [5.74, 6) is 1.68. The van der Waals surface area contributed by atoms with Crippen LogP contribution in [0.4, 0.5) is 25.2 Å². The fraction of sp³-hybridized carbons (Fsp3) is 0.450. The minimum atomic E-state index is -2.86. The summed E-state index contributed by atoms with van der Waals surface area (Å²) in [4.78, 5) is 22.3. The summed E-state index contributed by atoms with van der Waals surface area (Å²) < 4.78 is 34.4. The molecule has 4 rings (SSSR count). The molecule has 0 atom stereocenters. The van der Waals surface area contributed by atoms with Crippen molar-refractivity contribution >= 4 is 42.5 Å². The fourth-order valence-corrected chi connectivity index (χ4v) is 3.89. The van der Waals surface area contributed by atoms with Crippen LogP contribution in [0.1, 0.15) is 25.7 Å². The van der Waals surface area contributed by atoms with Crippen molar-refractivity contribution in [3.05, 3.63) is 42.7 Å². The third kappa shape index (κ3) is 6.07. The first-order valence-electron chi connectivity index (χ1n) is 9.59. The van der Waals surface area contributed by atoms with Gasteiger partial charge in [-0.1, -0.05) is 6.07 Å². The zero-order chi connectivity index (χ0) is 20.3. The highest BCUT2D eigenvalue weighted by molar-refractivity contribution is 5.89. The quantitative estimate of drug-likeness (QED) is 0.637. The monoisotopic (exact) mass is 476 g/mol. The molecule has 1 spiro atoms. The van der Waals surface area contributed by atoms with Crippen molar-refractivity contribution in [2.75, 3.05) is 23.3 Å². The topological polar surface area (TPSA) is 76.6 Å². The molecule has 7 nitrogen and oxygen atoms in total. The molecule has 0 aromatic carbocycles. The van der Waals surface area contributed by atoms with E-state index in [-0.39, 0.29) is 36.7 Å². The molecule has 170 valence electrons. The number of nitrogens with zero attached hydrogens (tertiary/aromatic N) is 3. The Morgan fingerprint density at radius 1 is 1.19 bits per heavy atom. The number of ether oxygens (including phenoxy) is 2. The van der Waals surface area contributed by atoms with Crippen LogP contribution in [0.5, 0.6) is 5.75 Å². The van der Waals surface area contributed by atoms with Gasteiger partial charge in [0.2, 0.25) is 0 Å². The Morgan fingerprint density at radius 3 is 2.58 bits per heavy atom. The van der Waals surface area contributed by atoms with Gasteiger partial charge in [-0.2, -0.15) is 8.78 Å². The van der Waals surface area contributed by atoms with Crippen molar-refractivity contribution in [3.63, 3.8) is 0 Å². The number of anilines is 2. The molecule has 2 aromatic rings. The highest BCUT2D eigenvalue weighted by Gasteiger charge is 2.47. The summed E-state index contributed by atoms with van der Waals surface area (Å²) >= 11 is 0. The van der Waals surface area contributed by atoms with Gasteiger partial charge in [0.15, 0.2) is 0 Å². The third-order valence-corrected chi connectivity index (χ3v) is 5.45. The van der Waals surface area contributed by atoms with Crippen LogP contribution in [0.15, 0.2) is 42.7 Å². The van der Waals surface area contributed by atoms with Gasteiger partial charge in [-0.05, 0) is 55.9 Å². The Hall–Kier alpha value is -2.39. The molecule has 1 amide bonds. The maximum absolute atomic E-state index is 12.3. The van der Waals surface area contributed by atoms with Gasteiger partial charge in [0.1, 0.15) is 23.0 Å². The molecule has 2 aliphatic rings. The first-order valence-corrected chi connectivity index (χ1v) is 9.59. The van der Waals surface area contributed by atoms with Gasteiger partial charge >= 0.3 is 12.7 Å². The molecule has 0 radical (unpaired) electrons. The number of amides is 1. The lowest BCUT2D eigenvalue weighted by Gasteiger charge is -2.35. The van der Waals surface area contributed by atoms with Crippen LogP contribution in [-0.2, 0) is 4.74 Å². The van der Waals surface area contributed by atoms with Gasteiger partial charge in [-0.25, -0.2) is 14.8 Å². The van der Waals surface area contributed by atoms with E-state index in [0.717, 1.165) is 32.2 Å². The Balaban J connectivity index is 0.00000171. The number of halogens is 4. The molecule has 11 heteroatoms. The molecular formula is C20H24Cl2F2N4O3. The van der Waals surface area contributed by atoms with Crippen molar-refractivity contribution < 1.29 is 23.0 Å². The largest absolute Gasteiger partial charge is 0.441 e. The number of carbonyl (C=O) groups is 1. The molecule has 31 heavy (non-hydrogen) atoms. The molecule has 1 aliphatic heterocycles. The minimum Gasteiger partial charge on any atom is -0.441 e.